The van der Waals surface area contributed by atoms with E-state index in [2.05, 4.69) is 6.92 Å². The van der Waals surface area contributed by atoms with Crippen LogP contribution in [0.15, 0.2) is 35.2 Å². The molecule has 0 fully saturated rings. The molecule has 0 nitrogen and oxygen atoms in total. The zero-order valence-electron chi connectivity index (χ0n) is 7.73. The Kier molecular flexibility index (Phi) is 3.27. The second-order valence-corrected chi connectivity index (χ2v) is 2.98. The molecule has 1 heteroatoms. The predicted octanol–water partition coefficient (Wildman–Crippen LogP) is 3.92. The molecule has 0 aromatic carbocycles. The zero-order valence-corrected chi connectivity index (χ0v) is 7.73. The molecule has 0 saturated heterocycles. The molecule has 0 amide bonds. The van der Waals surface area contributed by atoms with E-state index in [0.29, 0.717) is 0 Å². The highest BCUT2D eigenvalue weighted by Crippen LogP contribution is 2.22. The maximum atomic E-state index is 13.2. The van der Waals surface area contributed by atoms with Crippen molar-refractivity contribution in [2.75, 3.05) is 0 Å². The van der Waals surface area contributed by atoms with Gasteiger partial charge in [-0.25, -0.2) is 4.39 Å². The monoisotopic (exact) mass is 166 g/mol. The van der Waals surface area contributed by atoms with Crippen molar-refractivity contribution in [1.29, 1.82) is 0 Å². The minimum Gasteiger partial charge on any atom is -0.207 e. The van der Waals surface area contributed by atoms with Crippen molar-refractivity contribution in [3.05, 3.63) is 35.2 Å². The molecular formula is C11H15F. The van der Waals surface area contributed by atoms with Crippen molar-refractivity contribution in [3.63, 3.8) is 0 Å². The molecule has 0 saturated carbocycles. The summed E-state index contributed by atoms with van der Waals surface area (Å²) in [5.41, 5.74) is 2.14. The molecule has 1 rings (SSSR count). The number of rotatable bonds is 2. The average Bonchev–Trinajstić information content (AvgIpc) is 2.27. The first kappa shape index (κ1) is 9.24. The largest absolute Gasteiger partial charge is 0.207 e. The summed E-state index contributed by atoms with van der Waals surface area (Å²) in [5.74, 6) is -0.0686. The van der Waals surface area contributed by atoms with Crippen molar-refractivity contribution >= 4 is 0 Å². The Morgan fingerprint density at radius 1 is 1.25 bits per heavy atom. The van der Waals surface area contributed by atoms with Crippen LogP contribution in [-0.2, 0) is 0 Å². The van der Waals surface area contributed by atoms with E-state index >= 15 is 0 Å². The van der Waals surface area contributed by atoms with E-state index in [1.165, 1.54) is 5.57 Å². The molecular weight excluding hydrogens is 151 g/mol. The van der Waals surface area contributed by atoms with Crippen LogP contribution in [0.1, 0.15) is 33.1 Å². The summed E-state index contributed by atoms with van der Waals surface area (Å²) in [6, 6.07) is 0. The summed E-state index contributed by atoms with van der Waals surface area (Å²) in [7, 11) is 0. The average molecular weight is 166 g/mol. The van der Waals surface area contributed by atoms with Gasteiger partial charge in [0.15, 0.2) is 0 Å². The van der Waals surface area contributed by atoms with Crippen LogP contribution in [0.25, 0.3) is 0 Å². The lowest BCUT2D eigenvalue weighted by molar-refractivity contribution is 0.643. The van der Waals surface area contributed by atoms with Crippen LogP contribution in [-0.4, -0.2) is 0 Å². The Morgan fingerprint density at radius 3 is 2.58 bits per heavy atom. The van der Waals surface area contributed by atoms with Gasteiger partial charge in [0.2, 0.25) is 0 Å². The highest BCUT2D eigenvalue weighted by molar-refractivity contribution is 5.34. The van der Waals surface area contributed by atoms with Gasteiger partial charge in [0, 0.05) is 0 Å². The fourth-order valence-corrected chi connectivity index (χ4v) is 1.29. The number of halogens is 1. The Labute approximate surface area is 73.5 Å². The quantitative estimate of drug-likeness (QED) is 0.583. The van der Waals surface area contributed by atoms with Gasteiger partial charge in [-0.15, -0.1) is 0 Å². The molecule has 12 heavy (non-hydrogen) atoms. The molecule has 1 aliphatic carbocycles. The first-order valence-corrected chi connectivity index (χ1v) is 4.52. The first-order valence-electron chi connectivity index (χ1n) is 4.52. The third kappa shape index (κ3) is 2.07. The van der Waals surface area contributed by atoms with Crippen LogP contribution in [0.3, 0.4) is 0 Å². The van der Waals surface area contributed by atoms with E-state index in [9.17, 15) is 4.39 Å². The minimum atomic E-state index is -0.0686. The lowest BCUT2D eigenvalue weighted by Gasteiger charge is -1.98. The fourth-order valence-electron chi connectivity index (χ4n) is 1.29. The van der Waals surface area contributed by atoms with Gasteiger partial charge < -0.3 is 0 Å². The maximum Gasteiger partial charge on any atom is 0.126 e. The SMILES string of the molecule is CCC1=CC=C(F)C(CC)=CC1. The number of hydrogen-bond acceptors (Lipinski definition) is 0. The van der Waals surface area contributed by atoms with Crippen LogP contribution >= 0.6 is 0 Å². The topological polar surface area (TPSA) is 0 Å². The van der Waals surface area contributed by atoms with Gasteiger partial charge in [-0.05, 0) is 30.9 Å². The molecule has 0 bridgehead atoms. The van der Waals surface area contributed by atoms with Gasteiger partial charge in [0.05, 0.1) is 0 Å². The van der Waals surface area contributed by atoms with Crippen LogP contribution < -0.4 is 0 Å². The Balaban J connectivity index is 2.83. The molecule has 0 aliphatic heterocycles. The van der Waals surface area contributed by atoms with Gasteiger partial charge in [-0.1, -0.05) is 31.6 Å². The van der Waals surface area contributed by atoms with E-state index in [1.54, 1.807) is 6.08 Å². The Morgan fingerprint density at radius 2 is 2.00 bits per heavy atom. The van der Waals surface area contributed by atoms with Gasteiger partial charge in [0.25, 0.3) is 0 Å². The van der Waals surface area contributed by atoms with Crippen molar-refractivity contribution < 1.29 is 4.39 Å². The molecule has 0 spiro atoms. The minimum absolute atomic E-state index is 0.0686. The van der Waals surface area contributed by atoms with Crippen LogP contribution in [0.5, 0.6) is 0 Å². The third-order valence-corrected chi connectivity index (χ3v) is 2.22. The molecule has 0 N–H and O–H groups in total. The molecule has 0 heterocycles. The zero-order chi connectivity index (χ0) is 8.97. The predicted molar refractivity (Wildman–Crippen MR) is 50.6 cm³/mol. The molecule has 1 aliphatic rings. The summed E-state index contributed by atoms with van der Waals surface area (Å²) in [6.45, 7) is 4.08. The van der Waals surface area contributed by atoms with E-state index in [-0.39, 0.29) is 5.83 Å². The summed E-state index contributed by atoms with van der Waals surface area (Å²) >= 11 is 0. The second kappa shape index (κ2) is 4.24. The standard InChI is InChI=1S/C11H15F/c1-3-9-5-7-10(4-2)11(12)8-6-9/h6-8H,3-5H2,1-2H3. The van der Waals surface area contributed by atoms with E-state index in [1.807, 2.05) is 19.1 Å². The Hall–Kier alpha value is -0.850. The van der Waals surface area contributed by atoms with Crippen molar-refractivity contribution in [3.8, 4) is 0 Å². The molecule has 0 atom stereocenters. The smallest absolute Gasteiger partial charge is 0.126 e. The van der Waals surface area contributed by atoms with E-state index in [0.717, 1.165) is 24.8 Å². The molecule has 0 unspecified atom stereocenters. The first-order chi connectivity index (χ1) is 5.77. The molecule has 0 aromatic heterocycles. The summed E-state index contributed by atoms with van der Waals surface area (Å²) in [4.78, 5) is 0. The molecule has 66 valence electrons. The van der Waals surface area contributed by atoms with Crippen molar-refractivity contribution in [1.82, 2.24) is 0 Å². The Bertz CT molecular complexity index is 244. The summed E-state index contributed by atoms with van der Waals surface area (Å²) in [5, 5.41) is 0. The molecule has 0 aromatic rings. The van der Waals surface area contributed by atoms with Gasteiger partial charge >= 0.3 is 0 Å². The molecule has 0 radical (unpaired) electrons. The summed E-state index contributed by atoms with van der Waals surface area (Å²) in [6.07, 6.45) is 8.18. The highest BCUT2D eigenvalue weighted by Gasteiger charge is 2.04. The van der Waals surface area contributed by atoms with Crippen LogP contribution in [0.4, 0.5) is 4.39 Å². The summed E-state index contributed by atoms with van der Waals surface area (Å²) < 4.78 is 13.2. The van der Waals surface area contributed by atoms with Crippen LogP contribution in [0.2, 0.25) is 0 Å². The van der Waals surface area contributed by atoms with E-state index in [4.69, 9.17) is 0 Å². The maximum absolute atomic E-state index is 13.2. The number of hydrogen-bond donors (Lipinski definition) is 0. The highest BCUT2D eigenvalue weighted by atomic mass is 19.1. The van der Waals surface area contributed by atoms with E-state index < -0.39 is 0 Å². The second-order valence-electron chi connectivity index (χ2n) is 2.98. The van der Waals surface area contributed by atoms with Gasteiger partial charge in [0.1, 0.15) is 5.83 Å². The lowest BCUT2D eigenvalue weighted by atomic mass is 10.1. The van der Waals surface area contributed by atoms with Crippen molar-refractivity contribution in [2.24, 2.45) is 0 Å². The normalized spacial score (nSPS) is 17.8. The third-order valence-electron chi connectivity index (χ3n) is 2.22. The lowest BCUT2D eigenvalue weighted by Crippen LogP contribution is -1.80. The van der Waals surface area contributed by atoms with Gasteiger partial charge in [-0.2, -0.15) is 0 Å². The van der Waals surface area contributed by atoms with Crippen molar-refractivity contribution in [2.45, 2.75) is 33.1 Å². The van der Waals surface area contributed by atoms with Crippen LogP contribution in [0, 0.1) is 0 Å². The number of allylic oxidation sites excluding steroid dienone is 6. The van der Waals surface area contributed by atoms with Gasteiger partial charge in [-0.3, -0.25) is 0 Å². The fraction of sp³-hybridized carbons (Fsp3) is 0.455.